The number of rotatable bonds is 45. The Balaban J connectivity index is 4.23. The van der Waals surface area contributed by atoms with Crippen LogP contribution < -0.4 is 0 Å². The van der Waals surface area contributed by atoms with E-state index in [0.717, 1.165) is 116 Å². The number of allylic oxidation sites excluding steroid dienone is 12. The highest BCUT2D eigenvalue weighted by Gasteiger charge is 2.19. The fourth-order valence-corrected chi connectivity index (χ4v) is 6.85. The van der Waals surface area contributed by atoms with Gasteiger partial charge in [0.1, 0.15) is 13.2 Å². The molecule has 6 nitrogen and oxygen atoms in total. The predicted octanol–water partition coefficient (Wildman–Crippen LogP) is 16.6. The van der Waals surface area contributed by atoms with Crippen molar-refractivity contribution in [3.05, 3.63) is 72.9 Å². The standard InChI is InChI=1S/C55H94O6/c1-4-7-10-13-16-19-22-23-24-25-26-27-28-29-30-31-32-33-34-37-39-42-45-48-54(57)60-51-52(61-55(58)49-46-43-40-36-21-18-15-12-9-6-3)50-59-53(56)47-44-41-38-35-20-17-14-11-8-5-2/h7,10-12,14-16,19,23-24,26-27,52H,4-6,8-9,13,17-18,20-22,25,28-51H2,1-3H3/b10-7-,14-11-,15-12-,19-16-,24-23-,27-26-. The molecule has 0 N–H and O–H groups in total. The van der Waals surface area contributed by atoms with Crippen LogP contribution in [0.5, 0.6) is 0 Å². The number of carbonyl (C=O) groups excluding carboxylic acids is 3. The molecule has 0 spiro atoms. The molecule has 1 atom stereocenters. The highest BCUT2D eigenvalue weighted by atomic mass is 16.6. The molecule has 0 saturated heterocycles. The van der Waals surface area contributed by atoms with E-state index in [9.17, 15) is 14.4 Å². The monoisotopic (exact) mass is 851 g/mol. The minimum atomic E-state index is -0.782. The van der Waals surface area contributed by atoms with Crippen molar-refractivity contribution in [1.82, 2.24) is 0 Å². The average molecular weight is 851 g/mol. The third kappa shape index (κ3) is 47.7. The SMILES string of the molecule is CC/C=C\C/C=C\C/C=C\C/C=C\CCCCCCCCCCCCC(=O)OCC(COC(=O)CCCCCCC/C=C\CCC)OC(=O)CCCCCCC/C=C\CCC. The Morgan fingerprint density at radius 2 is 0.639 bits per heavy atom. The molecule has 0 amide bonds. The van der Waals surface area contributed by atoms with Crippen molar-refractivity contribution in [1.29, 1.82) is 0 Å². The summed E-state index contributed by atoms with van der Waals surface area (Å²) in [5, 5.41) is 0. The fourth-order valence-electron chi connectivity index (χ4n) is 6.85. The molecule has 0 aromatic carbocycles. The zero-order valence-corrected chi connectivity index (χ0v) is 39.9. The number of ether oxygens (including phenoxy) is 3. The maximum absolute atomic E-state index is 12.7. The lowest BCUT2D eigenvalue weighted by Gasteiger charge is -2.18. The quantitative estimate of drug-likeness (QED) is 0.0263. The minimum Gasteiger partial charge on any atom is -0.462 e. The Kier molecular flexibility index (Phi) is 46.9. The number of unbranched alkanes of at least 4 members (excludes halogenated alkanes) is 22. The van der Waals surface area contributed by atoms with Crippen molar-refractivity contribution >= 4 is 17.9 Å². The van der Waals surface area contributed by atoms with Gasteiger partial charge in [-0.15, -0.1) is 0 Å². The fraction of sp³-hybridized carbons (Fsp3) is 0.727. The molecule has 1 unspecified atom stereocenters. The van der Waals surface area contributed by atoms with E-state index in [1.165, 1.54) is 83.5 Å². The predicted molar refractivity (Wildman–Crippen MR) is 261 cm³/mol. The molecular weight excluding hydrogens is 757 g/mol. The molecular formula is C55H94O6. The van der Waals surface area contributed by atoms with Crippen molar-refractivity contribution in [2.45, 2.75) is 245 Å². The van der Waals surface area contributed by atoms with Crippen LogP contribution in [0.3, 0.4) is 0 Å². The van der Waals surface area contributed by atoms with E-state index < -0.39 is 6.10 Å². The van der Waals surface area contributed by atoms with Gasteiger partial charge in [0.25, 0.3) is 0 Å². The largest absolute Gasteiger partial charge is 0.462 e. The summed E-state index contributed by atoms with van der Waals surface area (Å²) in [6, 6.07) is 0. The molecule has 0 saturated carbocycles. The van der Waals surface area contributed by atoms with Crippen LogP contribution in [-0.4, -0.2) is 37.2 Å². The normalized spacial score (nSPS) is 12.6. The Hall–Kier alpha value is -3.15. The van der Waals surface area contributed by atoms with Gasteiger partial charge < -0.3 is 14.2 Å². The molecule has 0 radical (unpaired) electrons. The first-order valence-corrected chi connectivity index (χ1v) is 25.4. The highest BCUT2D eigenvalue weighted by molar-refractivity contribution is 5.71. The van der Waals surface area contributed by atoms with E-state index in [4.69, 9.17) is 14.2 Å². The molecule has 61 heavy (non-hydrogen) atoms. The smallest absolute Gasteiger partial charge is 0.306 e. The van der Waals surface area contributed by atoms with Gasteiger partial charge in [-0.2, -0.15) is 0 Å². The maximum Gasteiger partial charge on any atom is 0.306 e. The lowest BCUT2D eigenvalue weighted by atomic mass is 10.1. The van der Waals surface area contributed by atoms with Gasteiger partial charge in [0, 0.05) is 19.3 Å². The van der Waals surface area contributed by atoms with Crippen LogP contribution in [0, 0.1) is 0 Å². The molecule has 0 aliphatic rings. The third-order valence-corrected chi connectivity index (χ3v) is 10.6. The zero-order chi connectivity index (χ0) is 44.4. The Morgan fingerprint density at radius 1 is 0.344 bits per heavy atom. The third-order valence-electron chi connectivity index (χ3n) is 10.6. The molecule has 0 aromatic heterocycles. The second-order valence-corrected chi connectivity index (χ2v) is 16.7. The van der Waals surface area contributed by atoms with Gasteiger partial charge in [-0.3, -0.25) is 14.4 Å². The lowest BCUT2D eigenvalue weighted by Crippen LogP contribution is -2.30. The summed E-state index contributed by atoms with van der Waals surface area (Å²) in [6.07, 6.45) is 61.8. The molecule has 0 bridgehead atoms. The van der Waals surface area contributed by atoms with Gasteiger partial charge in [0.2, 0.25) is 0 Å². The molecule has 6 heteroatoms. The Labute approximate surface area is 376 Å². The van der Waals surface area contributed by atoms with E-state index in [1.54, 1.807) is 0 Å². The van der Waals surface area contributed by atoms with Gasteiger partial charge in [-0.05, 0) is 96.3 Å². The van der Waals surface area contributed by atoms with Crippen molar-refractivity contribution in [3.63, 3.8) is 0 Å². The van der Waals surface area contributed by atoms with Gasteiger partial charge >= 0.3 is 17.9 Å². The van der Waals surface area contributed by atoms with Crippen LogP contribution in [-0.2, 0) is 28.6 Å². The number of hydrogen-bond acceptors (Lipinski definition) is 6. The molecule has 0 fully saturated rings. The minimum absolute atomic E-state index is 0.0838. The number of esters is 3. The summed E-state index contributed by atoms with van der Waals surface area (Å²) in [7, 11) is 0. The maximum atomic E-state index is 12.7. The van der Waals surface area contributed by atoms with Gasteiger partial charge in [0.05, 0.1) is 0 Å². The van der Waals surface area contributed by atoms with E-state index in [1.807, 2.05) is 0 Å². The number of hydrogen-bond donors (Lipinski definition) is 0. The van der Waals surface area contributed by atoms with Gasteiger partial charge in [0.15, 0.2) is 6.10 Å². The topological polar surface area (TPSA) is 78.9 Å². The summed E-state index contributed by atoms with van der Waals surface area (Å²) in [6.45, 7) is 6.38. The summed E-state index contributed by atoms with van der Waals surface area (Å²) in [4.78, 5) is 37.8. The van der Waals surface area contributed by atoms with Crippen LogP contribution in [0.25, 0.3) is 0 Å². The molecule has 0 heterocycles. The summed E-state index contributed by atoms with van der Waals surface area (Å²) >= 11 is 0. The zero-order valence-electron chi connectivity index (χ0n) is 39.9. The first-order valence-electron chi connectivity index (χ1n) is 25.4. The first kappa shape index (κ1) is 57.9. The molecule has 0 aliphatic carbocycles. The van der Waals surface area contributed by atoms with Crippen molar-refractivity contribution in [3.8, 4) is 0 Å². The lowest BCUT2D eigenvalue weighted by molar-refractivity contribution is -0.167. The van der Waals surface area contributed by atoms with Gasteiger partial charge in [-0.1, -0.05) is 196 Å². The van der Waals surface area contributed by atoms with Crippen LogP contribution >= 0.6 is 0 Å². The molecule has 0 rings (SSSR count). The molecule has 0 aromatic rings. The van der Waals surface area contributed by atoms with Crippen molar-refractivity contribution < 1.29 is 28.6 Å². The van der Waals surface area contributed by atoms with Crippen LogP contribution in [0.1, 0.15) is 239 Å². The van der Waals surface area contributed by atoms with Crippen LogP contribution in [0.4, 0.5) is 0 Å². The van der Waals surface area contributed by atoms with Crippen LogP contribution in [0.2, 0.25) is 0 Å². The summed E-state index contributed by atoms with van der Waals surface area (Å²) < 4.78 is 16.7. The number of carbonyl (C=O) groups is 3. The van der Waals surface area contributed by atoms with Crippen LogP contribution in [0.15, 0.2) is 72.9 Å². The Morgan fingerprint density at radius 3 is 1.02 bits per heavy atom. The second kappa shape index (κ2) is 49.5. The average Bonchev–Trinajstić information content (AvgIpc) is 3.26. The van der Waals surface area contributed by atoms with E-state index in [-0.39, 0.29) is 31.1 Å². The second-order valence-electron chi connectivity index (χ2n) is 16.7. The van der Waals surface area contributed by atoms with Crippen molar-refractivity contribution in [2.24, 2.45) is 0 Å². The van der Waals surface area contributed by atoms with E-state index in [0.29, 0.717) is 19.3 Å². The highest BCUT2D eigenvalue weighted by Crippen LogP contribution is 2.14. The summed E-state index contributed by atoms with van der Waals surface area (Å²) in [5.41, 5.74) is 0. The van der Waals surface area contributed by atoms with Gasteiger partial charge in [-0.25, -0.2) is 0 Å². The molecule has 350 valence electrons. The van der Waals surface area contributed by atoms with E-state index in [2.05, 4.69) is 93.7 Å². The summed E-state index contributed by atoms with van der Waals surface area (Å²) in [5.74, 6) is -0.911. The van der Waals surface area contributed by atoms with Crippen molar-refractivity contribution in [2.75, 3.05) is 13.2 Å². The first-order chi connectivity index (χ1) is 30.0. The Bertz CT molecular complexity index is 1160. The van der Waals surface area contributed by atoms with E-state index >= 15 is 0 Å². The molecule has 0 aliphatic heterocycles.